The van der Waals surface area contributed by atoms with Crippen LogP contribution in [0.1, 0.15) is 34.5 Å². The minimum Gasteiger partial charge on any atom is -0.490 e. The SMILES string of the molecule is Cc1cc(C)c(OCC(O)CNC(C)c2cccs2)c(C)c1.Cl. The topological polar surface area (TPSA) is 41.5 Å². The molecule has 23 heavy (non-hydrogen) atoms. The average molecular weight is 356 g/mol. The van der Waals surface area contributed by atoms with Gasteiger partial charge in [0, 0.05) is 17.5 Å². The fourth-order valence-electron chi connectivity index (χ4n) is 2.58. The Morgan fingerprint density at radius 3 is 2.43 bits per heavy atom. The van der Waals surface area contributed by atoms with Gasteiger partial charge in [0.1, 0.15) is 18.5 Å². The molecule has 0 saturated heterocycles. The number of aryl methyl sites for hydroxylation is 3. The second-order valence-corrected chi connectivity index (χ2v) is 6.82. The molecular weight excluding hydrogens is 330 g/mol. The van der Waals surface area contributed by atoms with E-state index in [1.54, 1.807) is 11.3 Å². The van der Waals surface area contributed by atoms with Gasteiger partial charge < -0.3 is 15.2 Å². The van der Waals surface area contributed by atoms with E-state index in [1.165, 1.54) is 10.4 Å². The highest BCUT2D eigenvalue weighted by Crippen LogP contribution is 2.24. The molecular formula is C18H26ClNO2S. The van der Waals surface area contributed by atoms with Crippen LogP contribution >= 0.6 is 23.7 Å². The Hall–Kier alpha value is -1.07. The lowest BCUT2D eigenvalue weighted by Gasteiger charge is -2.18. The molecule has 128 valence electrons. The summed E-state index contributed by atoms with van der Waals surface area (Å²) in [6.45, 7) is 9.08. The van der Waals surface area contributed by atoms with Gasteiger partial charge in [-0.05, 0) is 50.3 Å². The fraction of sp³-hybridized carbons (Fsp3) is 0.444. The van der Waals surface area contributed by atoms with Gasteiger partial charge in [0.05, 0.1) is 0 Å². The maximum atomic E-state index is 10.1. The zero-order valence-corrected chi connectivity index (χ0v) is 15.8. The van der Waals surface area contributed by atoms with Crippen LogP contribution in [0.2, 0.25) is 0 Å². The van der Waals surface area contributed by atoms with Crippen molar-refractivity contribution in [1.29, 1.82) is 0 Å². The number of thiophene rings is 1. The summed E-state index contributed by atoms with van der Waals surface area (Å²) < 4.78 is 5.82. The molecule has 2 unspecified atom stereocenters. The maximum Gasteiger partial charge on any atom is 0.125 e. The van der Waals surface area contributed by atoms with Crippen LogP contribution in [0, 0.1) is 20.8 Å². The molecule has 2 atom stereocenters. The van der Waals surface area contributed by atoms with E-state index in [0.29, 0.717) is 13.2 Å². The molecule has 0 bridgehead atoms. The molecule has 2 rings (SSSR count). The Bertz CT molecular complexity index is 578. The van der Waals surface area contributed by atoms with Gasteiger partial charge in [-0.3, -0.25) is 0 Å². The van der Waals surface area contributed by atoms with Crippen molar-refractivity contribution >= 4 is 23.7 Å². The first-order valence-corrected chi connectivity index (χ1v) is 8.51. The lowest BCUT2D eigenvalue weighted by Crippen LogP contribution is -2.32. The number of ether oxygens (including phenoxy) is 1. The van der Waals surface area contributed by atoms with Crippen LogP contribution in [-0.4, -0.2) is 24.4 Å². The highest BCUT2D eigenvalue weighted by atomic mass is 35.5. The first kappa shape index (κ1) is 20.0. The number of benzene rings is 1. The first-order valence-electron chi connectivity index (χ1n) is 7.63. The third-order valence-electron chi connectivity index (χ3n) is 3.65. The van der Waals surface area contributed by atoms with Crippen LogP contribution in [0.4, 0.5) is 0 Å². The van der Waals surface area contributed by atoms with Gasteiger partial charge in [-0.2, -0.15) is 0 Å². The Labute approximate surface area is 149 Å². The molecule has 0 spiro atoms. The van der Waals surface area contributed by atoms with Gasteiger partial charge in [-0.15, -0.1) is 23.7 Å². The minimum absolute atomic E-state index is 0. The number of aliphatic hydroxyl groups excluding tert-OH is 1. The summed E-state index contributed by atoms with van der Waals surface area (Å²) in [6.07, 6.45) is -0.525. The summed E-state index contributed by atoms with van der Waals surface area (Å²) in [5.41, 5.74) is 3.46. The van der Waals surface area contributed by atoms with Crippen molar-refractivity contribution in [3.8, 4) is 5.75 Å². The quantitative estimate of drug-likeness (QED) is 0.782. The molecule has 0 amide bonds. The summed E-state index contributed by atoms with van der Waals surface area (Å²) >= 11 is 1.72. The molecule has 2 N–H and O–H groups in total. The van der Waals surface area contributed by atoms with E-state index in [0.717, 1.165) is 16.9 Å². The van der Waals surface area contributed by atoms with Crippen LogP contribution in [-0.2, 0) is 0 Å². The van der Waals surface area contributed by atoms with Gasteiger partial charge in [-0.1, -0.05) is 23.8 Å². The van der Waals surface area contributed by atoms with Crippen LogP contribution in [0.5, 0.6) is 5.75 Å². The molecule has 1 aromatic carbocycles. The third kappa shape index (κ3) is 5.81. The largest absolute Gasteiger partial charge is 0.490 e. The zero-order chi connectivity index (χ0) is 16.1. The second kappa shape index (κ2) is 9.28. The van der Waals surface area contributed by atoms with Crippen molar-refractivity contribution in [2.75, 3.05) is 13.2 Å². The standard InChI is InChI=1S/C18H25NO2S.ClH/c1-12-8-13(2)18(14(3)9-12)21-11-16(20)10-19-15(4)17-6-5-7-22-17;/h5-9,15-16,19-20H,10-11H2,1-4H3;1H. The second-order valence-electron chi connectivity index (χ2n) is 5.84. The molecule has 0 fully saturated rings. The van der Waals surface area contributed by atoms with E-state index in [9.17, 15) is 5.11 Å². The number of nitrogens with one attached hydrogen (secondary N) is 1. The van der Waals surface area contributed by atoms with Crippen molar-refractivity contribution in [2.45, 2.75) is 39.8 Å². The smallest absolute Gasteiger partial charge is 0.125 e. The number of hydrogen-bond acceptors (Lipinski definition) is 4. The van der Waals surface area contributed by atoms with Crippen LogP contribution in [0.3, 0.4) is 0 Å². The van der Waals surface area contributed by atoms with Crippen LogP contribution in [0.25, 0.3) is 0 Å². The third-order valence-corrected chi connectivity index (χ3v) is 4.71. The van der Waals surface area contributed by atoms with E-state index in [1.807, 2.05) is 19.9 Å². The fourth-order valence-corrected chi connectivity index (χ4v) is 3.34. The van der Waals surface area contributed by atoms with Crippen molar-refractivity contribution in [2.24, 2.45) is 0 Å². The maximum absolute atomic E-state index is 10.1. The predicted molar refractivity (Wildman–Crippen MR) is 100 cm³/mol. The Morgan fingerprint density at radius 1 is 1.22 bits per heavy atom. The molecule has 0 aliphatic carbocycles. The molecule has 0 saturated carbocycles. The van der Waals surface area contributed by atoms with E-state index in [2.05, 4.69) is 42.7 Å². The Morgan fingerprint density at radius 2 is 1.87 bits per heavy atom. The lowest BCUT2D eigenvalue weighted by atomic mass is 10.1. The van der Waals surface area contributed by atoms with Crippen molar-refractivity contribution in [3.63, 3.8) is 0 Å². The Kier molecular flexibility index (Phi) is 8.06. The number of hydrogen-bond donors (Lipinski definition) is 2. The van der Waals surface area contributed by atoms with Gasteiger partial charge in [0.2, 0.25) is 0 Å². The molecule has 0 aliphatic rings. The normalized spacial score (nSPS) is 13.3. The summed E-state index contributed by atoms with van der Waals surface area (Å²) in [6, 6.07) is 8.60. The zero-order valence-electron chi connectivity index (χ0n) is 14.1. The highest BCUT2D eigenvalue weighted by Gasteiger charge is 2.12. The molecule has 1 heterocycles. The van der Waals surface area contributed by atoms with Crippen molar-refractivity contribution in [1.82, 2.24) is 5.32 Å². The monoisotopic (exact) mass is 355 g/mol. The van der Waals surface area contributed by atoms with E-state index >= 15 is 0 Å². The predicted octanol–water partition coefficient (Wildman–Crippen LogP) is 4.19. The lowest BCUT2D eigenvalue weighted by molar-refractivity contribution is 0.103. The summed E-state index contributed by atoms with van der Waals surface area (Å²) in [5, 5.41) is 15.5. The molecule has 0 aliphatic heterocycles. The molecule has 3 nitrogen and oxygen atoms in total. The van der Waals surface area contributed by atoms with Crippen molar-refractivity contribution in [3.05, 3.63) is 51.2 Å². The molecule has 5 heteroatoms. The van der Waals surface area contributed by atoms with Gasteiger partial charge >= 0.3 is 0 Å². The summed E-state index contributed by atoms with van der Waals surface area (Å²) in [7, 11) is 0. The van der Waals surface area contributed by atoms with E-state index < -0.39 is 6.10 Å². The highest BCUT2D eigenvalue weighted by molar-refractivity contribution is 7.10. The van der Waals surface area contributed by atoms with Crippen LogP contribution in [0.15, 0.2) is 29.6 Å². The molecule has 2 aromatic rings. The summed E-state index contributed by atoms with van der Waals surface area (Å²) in [4.78, 5) is 1.28. The number of halogens is 1. The van der Waals surface area contributed by atoms with Gasteiger partial charge in [0.15, 0.2) is 0 Å². The molecule has 1 aromatic heterocycles. The Balaban J connectivity index is 0.00000264. The number of rotatable bonds is 7. The molecule has 0 radical (unpaired) electrons. The number of aliphatic hydroxyl groups is 1. The first-order chi connectivity index (χ1) is 10.5. The average Bonchev–Trinajstić information content (AvgIpc) is 2.97. The van der Waals surface area contributed by atoms with E-state index in [-0.39, 0.29) is 18.4 Å². The van der Waals surface area contributed by atoms with E-state index in [4.69, 9.17) is 4.74 Å². The minimum atomic E-state index is -0.525. The van der Waals surface area contributed by atoms with Crippen LogP contribution < -0.4 is 10.1 Å². The van der Waals surface area contributed by atoms with Gasteiger partial charge in [0.25, 0.3) is 0 Å². The van der Waals surface area contributed by atoms with Gasteiger partial charge in [-0.25, -0.2) is 0 Å². The van der Waals surface area contributed by atoms with Crippen molar-refractivity contribution < 1.29 is 9.84 Å². The summed E-state index contributed by atoms with van der Waals surface area (Å²) in [5.74, 6) is 0.885.